The molecule has 0 N–H and O–H groups in total. The smallest absolute Gasteiger partial charge is 0.161 e. The Hall–Kier alpha value is -5.22. The normalized spacial score (nSPS) is 11.7. The van der Waals surface area contributed by atoms with E-state index in [4.69, 9.17) is 8.83 Å². The van der Waals surface area contributed by atoms with Crippen molar-refractivity contribution in [2.24, 2.45) is 0 Å². The molecule has 0 amide bonds. The molecule has 0 saturated carbocycles. The maximum absolute atomic E-state index is 6.32. The molecule has 0 fully saturated rings. The first-order valence-corrected chi connectivity index (χ1v) is 16.0. The molecule has 8 aromatic rings. The van der Waals surface area contributed by atoms with Gasteiger partial charge in [0.15, 0.2) is 5.58 Å². The van der Waals surface area contributed by atoms with Gasteiger partial charge >= 0.3 is 0 Å². The minimum atomic E-state index is 0.419. The molecule has 0 saturated heterocycles. The first-order chi connectivity index (χ1) is 22.3. The predicted molar refractivity (Wildman–Crippen MR) is 192 cm³/mol. The average molecular weight is 603 g/mol. The van der Waals surface area contributed by atoms with E-state index in [1.54, 1.807) is 0 Å². The van der Waals surface area contributed by atoms with Gasteiger partial charge in [-0.15, -0.1) is 0 Å². The zero-order chi connectivity index (χ0) is 31.9. The highest BCUT2D eigenvalue weighted by Gasteiger charge is 2.18. The minimum absolute atomic E-state index is 0.419. The van der Waals surface area contributed by atoms with Crippen LogP contribution in [-0.4, -0.2) is 9.97 Å². The number of pyridine rings is 2. The van der Waals surface area contributed by atoms with Gasteiger partial charge in [0, 0.05) is 45.9 Å². The van der Waals surface area contributed by atoms with E-state index >= 15 is 0 Å². The van der Waals surface area contributed by atoms with Crippen LogP contribution in [0.5, 0.6) is 0 Å². The highest BCUT2D eigenvalue weighted by molar-refractivity contribution is 6.10. The van der Waals surface area contributed by atoms with Crippen molar-refractivity contribution in [3.05, 3.63) is 132 Å². The van der Waals surface area contributed by atoms with Crippen LogP contribution >= 0.6 is 0 Å². The summed E-state index contributed by atoms with van der Waals surface area (Å²) < 4.78 is 12.6. The van der Waals surface area contributed by atoms with Gasteiger partial charge in [0.25, 0.3) is 0 Å². The summed E-state index contributed by atoms with van der Waals surface area (Å²) >= 11 is 0. The topological polar surface area (TPSA) is 52.1 Å². The van der Waals surface area contributed by atoms with E-state index in [0.29, 0.717) is 11.8 Å². The fraction of sp³-hybridized carbons (Fsp3) is 0.190. The Bertz CT molecular complexity index is 2150. The first-order valence-electron chi connectivity index (χ1n) is 16.0. The second kappa shape index (κ2) is 11.9. The first kappa shape index (κ1) is 29.5. The lowest BCUT2D eigenvalue weighted by Gasteiger charge is -2.04. The molecule has 0 aliphatic rings. The van der Waals surface area contributed by atoms with E-state index in [1.807, 2.05) is 24.7 Å². The predicted octanol–water partition coefficient (Wildman–Crippen LogP) is 12.2. The fourth-order valence-electron chi connectivity index (χ4n) is 6.24. The molecule has 8 rings (SSSR count). The summed E-state index contributed by atoms with van der Waals surface area (Å²) in [5.41, 5.74) is 14.1. The zero-order valence-corrected chi connectivity index (χ0v) is 27.3. The number of rotatable bonds is 4. The molecule has 0 spiro atoms. The third-order valence-electron chi connectivity index (χ3n) is 8.81. The van der Waals surface area contributed by atoms with E-state index in [9.17, 15) is 0 Å². The molecule has 4 aromatic carbocycles. The van der Waals surface area contributed by atoms with E-state index in [-0.39, 0.29) is 0 Å². The Labute approximate surface area is 269 Å². The number of fused-ring (bicyclic) bond motifs is 6. The number of hydrogen-bond acceptors (Lipinski definition) is 4. The SMILES string of the molecule is Cc1ccc(-c2ccnc3c2oc2c(C(C)C)cccc23)cc1.Cc1ccc(-c2cncc3c2oc2c(C(C)C)cccc23)cc1. The summed E-state index contributed by atoms with van der Waals surface area (Å²) in [6.45, 7) is 13.0. The van der Waals surface area contributed by atoms with Gasteiger partial charge < -0.3 is 8.83 Å². The quantitative estimate of drug-likeness (QED) is 0.201. The highest BCUT2D eigenvalue weighted by atomic mass is 16.3. The minimum Gasteiger partial charge on any atom is -0.455 e. The molecular weight excluding hydrogens is 564 g/mol. The molecule has 4 nitrogen and oxygen atoms in total. The number of nitrogens with zero attached hydrogens (tertiary/aromatic N) is 2. The zero-order valence-electron chi connectivity index (χ0n) is 27.3. The van der Waals surface area contributed by atoms with Crippen molar-refractivity contribution in [2.75, 3.05) is 0 Å². The third kappa shape index (κ3) is 5.24. The van der Waals surface area contributed by atoms with Crippen molar-refractivity contribution in [1.29, 1.82) is 0 Å². The molecular formula is C42H38N2O2. The van der Waals surface area contributed by atoms with Gasteiger partial charge in [-0.3, -0.25) is 9.97 Å². The molecule has 0 radical (unpaired) electrons. The van der Waals surface area contributed by atoms with E-state index in [0.717, 1.165) is 66.3 Å². The van der Waals surface area contributed by atoms with Gasteiger partial charge in [0.05, 0.1) is 0 Å². The second-order valence-corrected chi connectivity index (χ2v) is 12.8. The van der Waals surface area contributed by atoms with Crippen molar-refractivity contribution >= 4 is 44.0 Å². The molecule has 0 aliphatic carbocycles. The van der Waals surface area contributed by atoms with E-state index < -0.39 is 0 Å². The standard InChI is InChI=1S/2C21H19NO/c1-13(2)16-5-4-6-17-19-12-22-11-18(21(19)23-20(16)17)15-9-7-14(3)8-10-15;1-13(2)16-5-4-6-18-19-21(23-20(16)18)17(11-12-22-19)15-9-7-14(3)8-10-15/h2*4-13H,1-3H3. The average Bonchev–Trinajstić information content (AvgIpc) is 3.64. The number of benzene rings is 4. The van der Waals surface area contributed by atoms with Crippen LogP contribution in [0.2, 0.25) is 0 Å². The van der Waals surface area contributed by atoms with Crippen LogP contribution in [0.15, 0.2) is 118 Å². The van der Waals surface area contributed by atoms with Gasteiger partial charge in [0.1, 0.15) is 22.3 Å². The Morgan fingerprint density at radius 1 is 0.500 bits per heavy atom. The van der Waals surface area contributed by atoms with Gasteiger partial charge in [-0.2, -0.15) is 0 Å². The molecule has 0 aliphatic heterocycles. The maximum Gasteiger partial charge on any atom is 0.161 e. The summed E-state index contributed by atoms with van der Waals surface area (Å²) in [5, 5.41) is 3.33. The fourth-order valence-corrected chi connectivity index (χ4v) is 6.24. The Kier molecular flexibility index (Phi) is 7.66. The van der Waals surface area contributed by atoms with Crippen LogP contribution in [0.25, 0.3) is 66.3 Å². The molecule has 228 valence electrons. The lowest BCUT2D eigenvalue weighted by molar-refractivity contribution is 0.657. The molecule has 4 heterocycles. The van der Waals surface area contributed by atoms with Gasteiger partial charge in [0.2, 0.25) is 0 Å². The molecule has 0 unspecified atom stereocenters. The van der Waals surface area contributed by atoms with Gasteiger partial charge in [-0.05, 0) is 60.1 Å². The molecule has 4 heteroatoms. The summed E-state index contributed by atoms with van der Waals surface area (Å²) in [7, 11) is 0. The summed E-state index contributed by atoms with van der Waals surface area (Å²) in [4.78, 5) is 9.03. The largest absolute Gasteiger partial charge is 0.455 e. The van der Waals surface area contributed by atoms with Crippen LogP contribution in [-0.2, 0) is 0 Å². The number of aromatic nitrogens is 2. The summed E-state index contributed by atoms with van der Waals surface area (Å²) in [5.74, 6) is 0.845. The Morgan fingerprint density at radius 2 is 1.04 bits per heavy atom. The van der Waals surface area contributed by atoms with Crippen LogP contribution in [0.4, 0.5) is 0 Å². The monoisotopic (exact) mass is 602 g/mol. The van der Waals surface area contributed by atoms with Crippen molar-refractivity contribution in [3.8, 4) is 22.3 Å². The lowest BCUT2D eigenvalue weighted by atomic mass is 10.00. The summed E-state index contributed by atoms with van der Waals surface area (Å²) in [6.07, 6.45) is 5.67. The molecule has 46 heavy (non-hydrogen) atoms. The van der Waals surface area contributed by atoms with Crippen molar-refractivity contribution < 1.29 is 8.83 Å². The Balaban J connectivity index is 0.000000147. The number of para-hydroxylation sites is 2. The molecule has 4 aromatic heterocycles. The van der Waals surface area contributed by atoms with Gasteiger partial charge in [-0.1, -0.05) is 118 Å². The number of furan rings is 2. The Morgan fingerprint density at radius 3 is 1.65 bits per heavy atom. The van der Waals surface area contributed by atoms with E-state index in [1.165, 1.54) is 22.3 Å². The van der Waals surface area contributed by atoms with Gasteiger partial charge in [-0.25, -0.2) is 0 Å². The molecule has 0 bridgehead atoms. The number of hydrogen-bond donors (Lipinski definition) is 0. The van der Waals surface area contributed by atoms with Crippen molar-refractivity contribution in [1.82, 2.24) is 9.97 Å². The van der Waals surface area contributed by atoms with Crippen molar-refractivity contribution in [3.63, 3.8) is 0 Å². The van der Waals surface area contributed by atoms with Crippen molar-refractivity contribution in [2.45, 2.75) is 53.4 Å². The summed E-state index contributed by atoms with van der Waals surface area (Å²) in [6, 6.07) is 31.8. The highest BCUT2D eigenvalue weighted by Crippen LogP contribution is 2.39. The number of aryl methyl sites for hydroxylation is 2. The molecule has 0 atom stereocenters. The second-order valence-electron chi connectivity index (χ2n) is 12.8. The van der Waals surface area contributed by atoms with E-state index in [2.05, 4.69) is 136 Å². The van der Waals surface area contributed by atoms with Crippen LogP contribution in [0, 0.1) is 13.8 Å². The van der Waals surface area contributed by atoms with Crippen LogP contribution < -0.4 is 0 Å². The van der Waals surface area contributed by atoms with Crippen LogP contribution in [0.1, 0.15) is 61.8 Å². The lowest BCUT2D eigenvalue weighted by Crippen LogP contribution is -1.86. The van der Waals surface area contributed by atoms with Crippen LogP contribution in [0.3, 0.4) is 0 Å². The third-order valence-corrected chi connectivity index (χ3v) is 8.81. The maximum atomic E-state index is 6.32.